The van der Waals surface area contributed by atoms with Gasteiger partial charge < -0.3 is 21.1 Å². The molecule has 55 heavy (non-hydrogen) atoms. The van der Waals surface area contributed by atoms with E-state index in [-0.39, 0.29) is 61.6 Å². The van der Waals surface area contributed by atoms with Crippen molar-refractivity contribution in [3.05, 3.63) is 0 Å². The van der Waals surface area contributed by atoms with Crippen LogP contribution in [0, 0.1) is 29.6 Å². The lowest BCUT2D eigenvalue weighted by molar-refractivity contribution is -0.0138. The van der Waals surface area contributed by atoms with Gasteiger partial charge in [0.05, 0.1) is 47.7 Å². The van der Waals surface area contributed by atoms with Crippen molar-refractivity contribution in [1.82, 2.24) is 0 Å². The molecule has 0 aromatic rings. The summed E-state index contributed by atoms with van der Waals surface area (Å²) in [6.45, 7) is 1.92. The standard InChI is InChI=1S/C33H57N7O12S3/c1-16-10-26(27(41)15-25(16)37-35-20-3-6-22(7-4-20)53(44,45)46)38-40-31-29(55(50,51)52)14-18-12-21(5-9-24(18)33(31)43)36-39-30-28(54(47,48)49)13-17-11-19(34)2-8-23(17)32(30)42/h16-33,41-43H,2-15,34H2,1H3,(H,44,45,46)(H,47,48,49)(H,50,51,52). The Kier molecular flexibility index (Phi) is 13.2. The van der Waals surface area contributed by atoms with E-state index in [2.05, 4.69) is 30.7 Å². The smallest absolute Gasteiger partial charge is 0.270 e. The zero-order valence-electron chi connectivity index (χ0n) is 30.9. The molecular formula is C33H57N7O12S3. The van der Waals surface area contributed by atoms with Crippen molar-refractivity contribution in [2.45, 2.75) is 173 Å². The lowest BCUT2D eigenvalue weighted by Gasteiger charge is -2.46. The molecule has 0 aliphatic heterocycles. The second-order valence-corrected chi connectivity index (χ2v) is 22.2. The molecule has 8 N–H and O–H groups in total. The first-order valence-corrected chi connectivity index (χ1v) is 24.1. The van der Waals surface area contributed by atoms with Gasteiger partial charge in [0, 0.05) is 6.04 Å². The first kappa shape index (κ1) is 43.0. The molecule has 16 unspecified atom stereocenters. The fourth-order valence-corrected chi connectivity index (χ4v) is 13.4. The number of hydrogen-bond donors (Lipinski definition) is 7. The van der Waals surface area contributed by atoms with Gasteiger partial charge in [-0.3, -0.25) is 13.7 Å². The number of aliphatic hydroxyl groups is 3. The van der Waals surface area contributed by atoms with E-state index in [1.807, 2.05) is 6.92 Å². The number of azo groups is 3. The summed E-state index contributed by atoms with van der Waals surface area (Å²) in [5.74, 6) is -1.29. The fraction of sp³-hybridized carbons (Fsp3) is 1.00. The molecular weight excluding hydrogens is 783 g/mol. The van der Waals surface area contributed by atoms with E-state index < -0.39 is 100 Å². The maximum Gasteiger partial charge on any atom is 0.270 e. The Labute approximate surface area is 322 Å². The minimum atomic E-state index is -4.71. The molecule has 16 atom stereocenters. The van der Waals surface area contributed by atoms with Crippen molar-refractivity contribution < 1.29 is 54.2 Å². The van der Waals surface area contributed by atoms with E-state index in [9.17, 15) is 54.2 Å². The number of rotatable bonds is 9. The SMILES string of the molecule is CC1CC(N=NC2C(O)C3CCC(N=NC4C(O)C5CCC(N)CC5CC4S(=O)(=O)O)CC3CC2S(=O)(=O)O)C(O)CC1N=NC1CCC(S(=O)(=O)O)CC1. The Bertz CT molecular complexity index is 1780. The average molecular weight is 840 g/mol. The molecule has 0 bridgehead atoms. The summed E-state index contributed by atoms with van der Waals surface area (Å²) in [4.78, 5) is 0. The lowest BCUT2D eigenvalue weighted by atomic mass is 9.66. The van der Waals surface area contributed by atoms with Gasteiger partial charge in [0.1, 0.15) is 22.6 Å². The van der Waals surface area contributed by atoms with Crippen LogP contribution in [0.4, 0.5) is 0 Å². The molecule has 6 fully saturated rings. The Balaban J connectivity index is 1.08. The number of nitrogens with two attached hydrogens (primary N) is 1. The monoisotopic (exact) mass is 839 g/mol. The molecule has 0 radical (unpaired) electrons. The van der Waals surface area contributed by atoms with Gasteiger partial charge in [-0.2, -0.15) is 55.9 Å². The van der Waals surface area contributed by atoms with Crippen LogP contribution in [0.15, 0.2) is 30.7 Å². The van der Waals surface area contributed by atoms with Crippen LogP contribution in [0.1, 0.15) is 96.8 Å². The maximum absolute atomic E-state index is 12.7. The average Bonchev–Trinajstić information content (AvgIpc) is 3.10. The Morgan fingerprint density at radius 1 is 0.509 bits per heavy atom. The highest BCUT2D eigenvalue weighted by Gasteiger charge is 2.53. The number of nitrogens with zero attached hydrogens (tertiary/aromatic N) is 6. The Morgan fingerprint density at radius 3 is 1.56 bits per heavy atom. The van der Waals surface area contributed by atoms with Crippen LogP contribution >= 0.6 is 0 Å². The molecule has 0 heterocycles. The van der Waals surface area contributed by atoms with Crippen molar-refractivity contribution in [3.63, 3.8) is 0 Å². The van der Waals surface area contributed by atoms with Crippen LogP contribution in [0.3, 0.4) is 0 Å². The molecule has 6 rings (SSSR count). The minimum Gasteiger partial charge on any atom is -0.391 e. The van der Waals surface area contributed by atoms with E-state index in [0.29, 0.717) is 64.2 Å². The molecule has 0 aromatic heterocycles. The van der Waals surface area contributed by atoms with E-state index in [1.165, 1.54) is 0 Å². The zero-order chi connectivity index (χ0) is 40.0. The largest absolute Gasteiger partial charge is 0.391 e. The predicted octanol–water partition coefficient (Wildman–Crippen LogP) is 2.38. The third kappa shape index (κ3) is 9.98. The van der Waals surface area contributed by atoms with Gasteiger partial charge >= 0.3 is 0 Å². The molecule has 0 amide bonds. The second kappa shape index (κ2) is 16.9. The Morgan fingerprint density at radius 2 is 1.00 bits per heavy atom. The summed E-state index contributed by atoms with van der Waals surface area (Å²) >= 11 is 0. The summed E-state index contributed by atoms with van der Waals surface area (Å²) in [5, 5.41) is 56.3. The topological polar surface area (TPSA) is 324 Å². The summed E-state index contributed by atoms with van der Waals surface area (Å²) < 4.78 is 103. The van der Waals surface area contributed by atoms with Gasteiger partial charge in [0.25, 0.3) is 30.4 Å². The van der Waals surface area contributed by atoms with Gasteiger partial charge in [-0.25, -0.2) is 0 Å². The van der Waals surface area contributed by atoms with Gasteiger partial charge in [-0.1, -0.05) is 6.92 Å². The van der Waals surface area contributed by atoms with Crippen molar-refractivity contribution in [2.75, 3.05) is 0 Å². The van der Waals surface area contributed by atoms with Gasteiger partial charge in [-0.05, 0) is 119 Å². The summed E-state index contributed by atoms with van der Waals surface area (Å²) in [6.07, 6.45) is 1.72. The van der Waals surface area contributed by atoms with Crippen LogP contribution < -0.4 is 5.73 Å². The summed E-state index contributed by atoms with van der Waals surface area (Å²) in [7, 11) is -13.4. The van der Waals surface area contributed by atoms with Crippen LogP contribution in [0.25, 0.3) is 0 Å². The third-order valence-electron chi connectivity index (χ3n) is 13.6. The maximum atomic E-state index is 12.7. The fourth-order valence-electron chi connectivity index (χ4n) is 10.4. The second-order valence-electron chi connectivity index (χ2n) is 17.2. The van der Waals surface area contributed by atoms with Crippen LogP contribution in [0.2, 0.25) is 0 Å². The van der Waals surface area contributed by atoms with Crippen LogP contribution in [0.5, 0.6) is 0 Å². The van der Waals surface area contributed by atoms with E-state index in [0.717, 1.165) is 0 Å². The zero-order valence-corrected chi connectivity index (χ0v) is 33.4. The van der Waals surface area contributed by atoms with Gasteiger partial charge in [0.15, 0.2) is 0 Å². The first-order valence-electron chi connectivity index (χ1n) is 19.6. The normalized spacial score (nSPS) is 46.5. The molecule has 6 aliphatic rings. The highest BCUT2D eigenvalue weighted by Crippen LogP contribution is 2.46. The van der Waals surface area contributed by atoms with Gasteiger partial charge in [-0.15, -0.1) is 0 Å². The molecule has 0 spiro atoms. The van der Waals surface area contributed by atoms with E-state index in [1.54, 1.807) is 0 Å². The van der Waals surface area contributed by atoms with Crippen LogP contribution in [-0.4, -0.2) is 131 Å². The minimum absolute atomic E-state index is 0.0434. The van der Waals surface area contributed by atoms with Crippen molar-refractivity contribution in [1.29, 1.82) is 0 Å². The number of aliphatic hydroxyl groups excluding tert-OH is 3. The molecule has 0 saturated heterocycles. The Hall–Kier alpha value is -1.63. The lowest BCUT2D eigenvalue weighted by Crippen LogP contribution is -2.55. The highest BCUT2D eigenvalue weighted by atomic mass is 32.2. The molecule has 0 aromatic carbocycles. The quantitative estimate of drug-likeness (QED) is 0.130. The van der Waals surface area contributed by atoms with E-state index in [4.69, 9.17) is 5.73 Å². The van der Waals surface area contributed by atoms with Crippen LogP contribution in [-0.2, 0) is 30.4 Å². The van der Waals surface area contributed by atoms with Crippen molar-refractivity contribution >= 4 is 30.4 Å². The molecule has 6 aliphatic carbocycles. The van der Waals surface area contributed by atoms with Crippen molar-refractivity contribution in [3.8, 4) is 0 Å². The van der Waals surface area contributed by atoms with Crippen molar-refractivity contribution in [2.24, 2.45) is 66.0 Å². The molecule has 314 valence electrons. The molecule has 6 saturated carbocycles. The van der Waals surface area contributed by atoms with E-state index >= 15 is 0 Å². The molecule has 19 nitrogen and oxygen atoms in total. The first-order chi connectivity index (χ1) is 25.7. The van der Waals surface area contributed by atoms with Gasteiger partial charge in [0.2, 0.25) is 0 Å². The number of fused-ring (bicyclic) bond motifs is 2. The summed E-state index contributed by atoms with van der Waals surface area (Å²) in [5.41, 5.74) is 6.10. The highest BCUT2D eigenvalue weighted by molar-refractivity contribution is 7.87. The predicted molar refractivity (Wildman–Crippen MR) is 197 cm³/mol. The summed E-state index contributed by atoms with van der Waals surface area (Å²) in [6, 6.07) is -4.26. The third-order valence-corrected chi connectivity index (χ3v) is 17.4. The molecule has 22 heteroatoms. The number of hydrogen-bond acceptors (Lipinski definition) is 16.